The molecular weight excluding hydrogens is 480 g/mol. The van der Waals surface area contributed by atoms with Crippen LogP contribution in [-0.2, 0) is 16.0 Å². The number of aromatic nitrogens is 1. The summed E-state index contributed by atoms with van der Waals surface area (Å²) in [4.78, 5) is 37.9. The fraction of sp³-hybridized carbons (Fsp3) is 0.321. The largest absolute Gasteiger partial charge is 0.459 e. The van der Waals surface area contributed by atoms with Crippen molar-refractivity contribution < 1.29 is 23.1 Å². The molecule has 3 aromatic rings. The number of carbonyl (C=O) groups excluding carboxylic acids is 2. The Morgan fingerprint density at radius 2 is 1.57 bits per heavy atom. The first-order valence-corrected chi connectivity index (χ1v) is 11.8. The van der Waals surface area contributed by atoms with Gasteiger partial charge in [0.15, 0.2) is 5.78 Å². The molecule has 1 heterocycles. The minimum atomic E-state index is -1.02. The first kappa shape index (κ1) is 27.7. The van der Waals surface area contributed by atoms with Crippen LogP contribution in [0.5, 0.6) is 0 Å². The lowest BCUT2D eigenvalue weighted by atomic mass is 10.0. The number of hydrogen-bond acceptors (Lipinski definition) is 6. The SMILES string of the molecule is CC(C)(C)OC(=O)C(C)(C)NCCc1ccc(-n2c(N)c(C(=O)c3ccc(F)cc3F)ccc2=O)cc1. The van der Waals surface area contributed by atoms with Crippen molar-refractivity contribution in [3.05, 3.63) is 93.3 Å². The van der Waals surface area contributed by atoms with E-state index in [0.717, 1.165) is 22.3 Å². The minimum absolute atomic E-state index is 0.0808. The molecule has 0 aliphatic rings. The van der Waals surface area contributed by atoms with E-state index >= 15 is 0 Å². The van der Waals surface area contributed by atoms with Gasteiger partial charge in [-0.05, 0) is 76.9 Å². The van der Waals surface area contributed by atoms with E-state index in [9.17, 15) is 23.2 Å². The number of rotatable bonds is 8. The van der Waals surface area contributed by atoms with Gasteiger partial charge in [-0.25, -0.2) is 8.78 Å². The Bertz CT molecular complexity index is 1370. The molecule has 9 heteroatoms. The molecule has 0 amide bonds. The number of nitrogens with one attached hydrogen (secondary N) is 1. The number of nitrogen functional groups attached to an aromatic ring is 1. The van der Waals surface area contributed by atoms with Crippen LogP contribution in [0.4, 0.5) is 14.6 Å². The molecule has 3 rings (SSSR count). The fourth-order valence-electron chi connectivity index (χ4n) is 3.64. The van der Waals surface area contributed by atoms with E-state index in [1.807, 2.05) is 20.8 Å². The highest BCUT2D eigenvalue weighted by Crippen LogP contribution is 2.21. The van der Waals surface area contributed by atoms with E-state index in [4.69, 9.17) is 10.5 Å². The zero-order valence-electron chi connectivity index (χ0n) is 21.5. The molecule has 0 aliphatic heterocycles. The van der Waals surface area contributed by atoms with Gasteiger partial charge in [0.1, 0.15) is 28.6 Å². The molecule has 0 saturated heterocycles. The van der Waals surface area contributed by atoms with Gasteiger partial charge < -0.3 is 15.8 Å². The van der Waals surface area contributed by atoms with Crippen molar-refractivity contribution in [3.8, 4) is 5.69 Å². The van der Waals surface area contributed by atoms with Gasteiger partial charge in [0.05, 0.1) is 16.8 Å². The quantitative estimate of drug-likeness (QED) is 0.347. The molecule has 0 bridgehead atoms. The zero-order chi connectivity index (χ0) is 27.5. The van der Waals surface area contributed by atoms with Gasteiger partial charge in [-0.15, -0.1) is 0 Å². The van der Waals surface area contributed by atoms with Crippen molar-refractivity contribution in [2.75, 3.05) is 12.3 Å². The number of ketones is 1. The number of ether oxygens (including phenoxy) is 1. The molecule has 0 aliphatic carbocycles. The lowest BCUT2D eigenvalue weighted by Gasteiger charge is -2.29. The monoisotopic (exact) mass is 511 g/mol. The summed E-state index contributed by atoms with van der Waals surface area (Å²) in [6, 6.07) is 12.0. The smallest absolute Gasteiger partial charge is 0.326 e. The van der Waals surface area contributed by atoms with Gasteiger partial charge in [0, 0.05) is 18.7 Å². The number of benzene rings is 2. The molecule has 0 unspecified atom stereocenters. The maximum Gasteiger partial charge on any atom is 0.326 e. The summed E-state index contributed by atoms with van der Waals surface area (Å²) in [5.41, 5.74) is 5.16. The van der Waals surface area contributed by atoms with Crippen molar-refractivity contribution in [3.63, 3.8) is 0 Å². The molecule has 37 heavy (non-hydrogen) atoms. The lowest BCUT2D eigenvalue weighted by Crippen LogP contribution is -2.50. The lowest BCUT2D eigenvalue weighted by molar-refractivity contribution is -0.161. The van der Waals surface area contributed by atoms with E-state index in [1.54, 1.807) is 38.1 Å². The number of hydrogen-bond donors (Lipinski definition) is 2. The van der Waals surface area contributed by atoms with Crippen molar-refractivity contribution in [2.24, 2.45) is 0 Å². The van der Waals surface area contributed by atoms with E-state index in [2.05, 4.69) is 5.32 Å². The highest BCUT2D eigenvalue weighted by atomic mass is 19.1. The van der Waals surface area contributed by atoms with E-state index in [1.165, 1.54) is 12.1 Å². The van der Waals surface area contributed by atoms with E-state index < -0.39 is 34.1 Å². The molecule has 3 N–H and O–H groups in total. The fourth-order valence-corrected chi connectivity index (χ4v) is 3.64. The number of anilines is 1. The van der Waals surface area contributed by atoms with Gasteiger partial charge in [0.2, 0.25) is 0 Å². The van der Waals surface area contributed by atoms with Crippen LogP contribution < -0.4 is 16.6 Å². The Morgan fingerprint density at radius 3 is 2.16 bits per heavy atom. The second-order valence-corrected chi connectivity index (χ2v) is 10.2. The Labute approximate surface area is 214 Å². The first-order valence-electron chi connectivity index (χ1n) is 11.8. The first-order chi connectivity index (χ1) is 17.2. The molecule has 0 radical (unpaired) electrons. The van der Waals surface area contributed by atoms with Crippen molar-refractivity contribution >= 4 is 17.6 Å². The van der Waals surface area contributed by atoms with Gasteiger partial charge in [0.25, 0.3) is 5.56 Å². The van der Waals surface area contributed by atoms with Crippen molar-refractivity contribution in [2.45, 2.75) is 52.2 Å². The number of carbonyl (C=O) groups is 2. The van der Waals surface area contributed by atoms with Gasteiger partial charge in [-0.1, -0.05) is 12.1 Å². The van der Waals surface area contributed by atoms with Crippen molar-refractivity contribution in [1.82, 2.24) is 9.88 Å². The number of nitrogens with two attached hydrogens (primary N) is 1. The molecule has 1 aromatic heterocycles. The van der Waals surface area contributed by atoms with Crippen LogP contribution in [0.2, 0.25) is 0 Å². The summed E-state index contributed by atoms with van der Waals surface area (Å²) in [6.07, 6.45) is 0.596. The molecule has 0 fully saturated rings. The van der Waals surface area contributed by atoms with Crippen LogP contribution in [-0.4, -0.2) is 34.0 Å². The Balaban J connectivity index is 1.76. The normalized spacial score (nSPS) is 11.9. The molecular formula is C28H31F2N3O4. The number of esters is 1. The Kier molecular flexibility index (Phi) is 7.97. The van der Waals surface area contributed by atoms with Gasteiger partial charge in [-0.2, -0.15) is 0 Å². The molecule has 0 spiro atoms. The zero-order valence-corrected chi connectivity index (χ0v) is 21.5. The van der Waals surface area contributed by atoms with Gasteiger partial charge in [-0.3, -0.25) is 19.0 Å². The summed E-state index contributed by atoms with van der Waals surface area (Å²) in [6.45, 7) is 9.45. The molecule has 196 valence electrons. The van der Waals surface area contributed by atoms with Crippen LogP contribution in [0.1, 0.15) is 56.1 Å². The summed E-state index contributed by atoms with van der Waals surface area (Å²) < 4.78 is 34.0. The summed E-state index contributed by atoms with van der Waals surface area (Å²) in [5.74, 6) is -3.10. The van der Waals surface area contributed by atoms with E-state index in [0.29, 0.717) is 24.7 Å². The Morgan fingerprint density at radius 1 is 0.946 bits per heavy atom. The number of halogens is 2. The average molecular weight is 512 g/mol. The predicted molar refractivity (Wildman–Crippen MR) is 138 cm³/mol. The summed E-state index contributed by atoms with van der Waals surface area (Å²) >= 11 is 0. The third-order valence-corrected chi connectivity index (χ3v) is 5.63. The Hall–Kier alpha value is -3.85. The second-order valence-electron chi connectivity index (χ2n) is 10.2. The highest BCUT2D eigenvalue weighted by Gasteiger charge is 2.31. The maximum atomic E-state index is 14.2. The average Bonchev–Trinajstić information content (AvgIpc) is 2.78. The van der Waals surface area contributed by atoms with Crippen LogP contribution in [0, 0.1) is 11.6 Å². The number of pyridine rings is 1. The number of nitrogens with zero attached hydrogens (tertiary/aromatic N) is 1. The minimum Gasteiger partial charge on any atom is -0.459 e. The predicted octanol–water partition coefficient (Wildman–Crippen LogP) is 4.18. The van der Waals surface area contributed by atoms with Crippen molar-refractivity contribution in [1.29, 1.82) is 0 Å². The third-order valence-electron chi connectivity index (χ3n) is 5.63. The standard InChI is InChI=1S/C28H31F2N3O4/c1-27(2,3)37-26(36)28(4,5)32-15-14-17-6-9-19(10-7-17)33-23(34)13-12-21(25(33)31)24(35)20-11-8-18(29)16-22(20)30/h6-13,16,32H,14-15,31H2,1-5H3. The molecule has 2 aromatic carbocycles. The van der Waals surface area contributed by atoms with Crippen LogP contribution in [0.3, 0.4) is 0 Å². The molecule has 7 nitrogen and oxygen atoms in total. The maximum absolute atomic E-state index is 14.2. The molecule has 0 saturated carbocycles. The van der Waals surface area contributed by atoms with Crippen LogP contribution >= 0.6 is 0 Å². The summed E-state index contributed by atoms with van der Waals surface area (Å²) in [7, 11) is 0. The second kappa shape index (κ2) is 10.6. The van der Waals surface area contributed by atoms with Gasteiger partial charge >= 0.3 is 5.97 Å². The van der Waals surface area contributed by atoms with Crippen LogP contribution in [0.25, 0.3) is 5.69 Å². The van der Waals surface area contributed by atoms with E-state index in [-0.39, 0.29) is 22.9 Å². The summed E-state index contributed by atoms with van der Waals surface area (Å²) in [5, 5.41) is 3.20. The van der Waals surface area contributed by atoms with Crippen LogP contribution in [0.15, 0.2) is 59.4 Å². The highest BCUT2D eigenvalue weighted by molar-refractivity contribution is 6.11. The third kappa shape index (κ3) is 6.68. The topological polar surface area (TPSA) is 103 Å². The molecule has 0 atom stereocenters.